The van der Waals surface area contributed by atoms with Gasteiger partial charge in [-0.25, -0.2) is 4.98 Å². The Morgan fingerprint density at radius 1 is 1.08 bits per heavy atom. The third-order valence-corrected chi connectivity index (χ3v) is 5.13. The lowest BCUT2D eigenvalue weighted by atomic mass is 9.90. The third-order valence-electron chi connectivity index (χ3n) is 4.90. The summed E-state index contributed by atoms with van der Waals surface area (Å²) in [4.78, 5) is 19.1. The van der Waals surface area contributed by atoms with E-state index in [1.165, 1.54) is 5.56 Å². The van der Waals surface area contributed by atoms with Crippen molar-refractivity contribution < 1.29 is 4.79 Å². The molecule has 4 nitrogen and oxygen atoms in total. The maximum absolute atomic E-state index is 12.7. The first-order chi connectivity index (χ1) is 12.2. The topological polar surface area (TPSA) is 37.6 Å². The van der Waals surface area contributed by atoms with Gasteiger partial charge in [-0.05, 0) is 42.9 Å². The van der Waals surface area contributed by atoms with Gasteiger partial charge in [-0.15, -0.1) is 0 Å². The first-order valence-electron chi connectivity index (χ1n) is 8.66. The molecular formula is C20H20ClN3O. The zero-order valence-corrected chi connectivity index (χ0v) is 14.7. The van der Waals surface area contributed by atoms with Gasteiger partial charge in [0.1, 0.15) is 11.3 Å². The quantitative estimate of drug-likeness (QED) is 0.711. The molecule has 5 heteroatoms. The molecule has 3 heterocycles. The van der Waals surface area contributed by atoms with Gasteiger partial charge in [0, 0.05) is 25.5 Å². The van der Waals surface area contributed by atoms with Gasteiger partial charge in [0.25, 0.3) is 5.91 Å². The number of halogens is 1. The highest BCUT2D eigenvalue weighted by atomic mass is 35.5. The van der Waals surface area contributed by atoms with E-state index in [0.717, 1.165) is 38.0 Å². The zero-order chi connectivity index (χ0) is 17.2. The van der Waals surface area contributed by atoms with Crippen LogP contribution in [0.2, 0.25) is 5.02 Å². The van der Waals surface area contributed by atoms with Gasteiger partial charge in [0.2, 0.25) is 0 Å². The van der Waals surface area contributed by atoms with Crippen LogP contribution in [0.4, 0.5) is 0 Å². The summed E-state index contributed by atoms with van der Waals surface area (Å²) in [5, 5.41) is 0.630. The normalized spacial score (nSPS) is 15.6. The largest absolute Gasteiger partial charge is 0.337 e. The van der Waals surface area contributed by atoms with E-state index < -0.39 is 0 Å². The van der Waals surface area contributed by atoms with Crippen LogP contribution in [-0.2, 0) is 6.42 Å². The van der Waals surface area contributed by atoms with Crippen LogP contribution in [0.15, 0.2) is 54.9 Å². The minimum Gasteiger partial charge on any atom is -0.337 e. The van der Waals surface area contributed by atoms with Crippen LogP contribution in [0.1, 0.15) is 28.9 Å². The average Bonchev–Trinajstić information content (AvgIpc) is 3.06. The van der Waals surface area contributed by atoms with Crippen LogP contribution in [0.5, 0.6) is 0 Å². The van der Waals surface area contributed by atoms with Crippen molar-refractivity contribution in [1.29, 1.82) is 0 Å². The number of piperidine rings is 1. The third kappa shape index (κ3) is 3.54. The molecule has 25 heavy (non-hydrogen) atoms. The maximum Gasteiger partial charge on any atom is 0.274 e. The van der Waals surface area contributed by atoms with Crippen LogP contribution >= 0.6 is 11.6 Å². The summed E-state index contributed by atoms with van der Waals surface area (Å²) in [6, 6.07) is 14.2. The highest BCUT2D eigenvalue weighted by Gasteiger charge is 2.25. The van der Waals surface area contributed by atoms with E-state index in [-0.39, 0.29) is 5.91 Å². The Morgan fingerprint density at radius 3 is 2.60 bits per heavy atom. The molecule has 1 amide bonds. The van der Waals surface area contributed by atoms with Crippen LogP contribution in [0.3, 0.4) is 0 Å². The summed E-state index contributed by atoms with van der Waals surface area (Å²) in [7, 11) is 0. The highest BCUT2D eigenvalue weighted by Crippen LogP contribution is 2.23. The Bertz CT molecular complexity index is 882. The molecule has 0 N–H and O–H groups in total. The van der Waals surface area contributed by atoms with Crippen molar-refractivity contribution >= 4 is 23.2 Å². The minimum absolute atomic E-state index is 0.0120. The zero-order valence-electron chi connectivity index (χ0n) is 13.9. The first kappa shape index (κ1) is 16.2. The number of hydrogen-bond donors (Lipinski definition) is 0. The maximum atomic E-state index is 12.7. The molecule has 4 rings (SSSR count). The van der Waals surface area contributed by atoms with Crippen LogP contribution in [0.25, 0.3) is 5.65 Å². The molecule has 3 aromatic rings. The number of amides is 1. The van der Waals surface area contributed by atoms with Gasteiger partial charge in [-0.3, -0.25) is 4.79 Å². The number of carbonyl (C=O) groups excluding carboxylic acids is 1. The summed E-state index contributed by atoms with van der Waals surface area (Å²) in [5.41, 5.74) is 2.61. The number of rotatable bonds is 3. The Hall–Kier alpha value is -2.33. The molecule has 1 fully saturated rings. The van der Waals surface area contributed by atoms with Crippen molar-refractivity contribution in [3.63, 3.8) is 0 Å². The molecule has 0 saturated carbocycles. The number of imidazole rings is 1. The average molecular weight is 354 g/mol. The molecule has 0 radical (unpaired) electrons. The molecule has 0 atom stereocenters. The summed E-state index contributed by atoms with van der Waals surface area (Å²) < 4.78 is 1.80. The Kier molecular flexibility index (Phi) is 4.45. The number of pyridine rings is 1. The smallest absolute Gasteiger partial charge is 0.274 e. The number of benzene rings is 1. The predicted octanol–water partition coefficient (Wildman–Crippen LogP) is 4.08. The Labute approximate surface area is 152 Å². The number of carbonyl (C=O) groups is 1. The van der Waals surface area contributed by atoms with Crippen LogP contribution in [0, 0.1) is 5.92 Å². The second kappa shape index (κ2) is 6.89. The molecule has 0 aliphatic carbocycles. The van der Waals surface area contributed by atoms with Crippen molar-refractivity contribution in [3.05, 3.63) is 71.1 Å². The number of hydrogen-bond acceptors (Lipinski definition) is 2. The van der Waals surface area contributed by atoms with Crippen LogP contribution < -0.4 is 0 Å². The molecule has 1 aliphatic rings. The second-order valence-electron chi connectivity index (χ2n) is 6.66. The predicted molar refractivity (Wildman–Crippen MR) is 99.0 cm³/mol. The van der Waals surface area contributed by atoms with Gasteiger partial charge in [-0.1, -0.05) is 41.9 Å². The number of likely N-dealkylation sites (tertiary alicyclic amines) is 1. The van der Waals surface area contributed by atoms with Crippen molar-refractivity contribution in [2.45, 2.75) is 19.3 Å². The van der Waals surface area contributed by atoms with E-state index in [4.69, 9.17) is 11.6 Å². The SMILES string of the molecule is O=C(c1cn2cc(Cl)ccc2n1)N1CCC(Cc2ccccc2)CC1. The molecule has 0 spiro atoms. The van der Waals surface area contributed by atoms with E-state index in [2.05, 4.69) is 29.2 Å². The lowest BCUT2D eigenvalue weighted by molar-refractivity contribution is 0.0685. The molecule has 0 bridgehead atoms. The summed E-state index contributed by atoms with van der Waals surface area (Å²) >= 11 is 5.99. The Balaban J connectivity index is 1.40. The van der Waals surface area contributed by atoms with Gasteiger partial charge < -0.3 is 9.30 Å². The summed E-state index contributed by atoms with van der Waals surface area (Å²) in [6.07, 6.45) is 6.71. The van der Waals surface area contributed by atoms with Gasteiger partial charge in [-0.2, -0.15) is 0 Å². The summed E-state index contributed by atoms with van der Waals surface area (Å²) in [5.74, 6) is 0.657. The van der Waals surface area contributed by atoms with E-state index in [0.29, 0.717) is 16.6 Å². The Morgan fingerprint density at radius 2 is 1.84 bits per heavy atom. The van der Waals surface area contributed by atoms with E-state index in [1.54, 1.807) is 22.9 Å². The van der Waals surface area contributed by atoms with E-state index in [9.17, 15) is 4.79 Å². The van der Waals surface area contributed by atoms with Gasteiger partial charge in [0.15, 0.2) is 0 Å². The second-order valence-corrected chi connectivity index (χ2v) is 7.10. The van der Waals surface area contributed by atoms with Gasteiger partial charge in [0.05, 0.1) is 5.02 Å². The van der Waals surface area contributed by atoms with Crippen molar-refractivity contribution in [1.82, 2.24) is 14.3 Å². The minimum atomic E-state index is 0.0120. The van der Waals surface area contributed by atoms with Gasteiger partial charge >= 0.3 is 0 Å². The summed E-state index contributed by atoms with van der Waals surface area (Å²) in [6.45, 7) is 1.59. The number of aromatic nitrogens is 2. The lowest BCUT2D eigenvalue weighted by Crippen LogP contribution is -2.39. The van der Waals surface area contributed by atoms with Crippen molar-refractivity contribution in [2.24, 2.45) is 5.92 Å². The van der Waals surface area contributed by atoms with E-state index >= 15 is 0 Å². The molecular weight excluding hydrogens is 334 g/mol. The fourth-order valence-corrected chi connectivity index (χ4v) is 3.69. The molecule has 1 aliphatic heterocycles. The first-order valence-corrected chi connectivity index (χ1v) is 9.04. The highest BCUT2D eigenvalue weighted by molar-refractivity contribution is 6.30. The van der Waals surface area contributed by atoms with Crippen molar-refractivity contribution in [3.8, 4) is 0 Å². The molecule has 0 unspecified atom stereocenters. The van der Waals surface area contributed by atoms with Crippen molar-refractivity contribution in [2.75, 3.05) is 13.1 Å². The molecule has 1 saturated heterocycles. The monoisotopic (exact) mass is 353 g/mol. The van der Waals surface area contributed by atoms with Crippen LogP contribution in [-0.4, -0.2) is 33.3 Å². The standard InChI is InChI=1S/C20H20ClN3O/c21-17-6-7-19-22-18(14-24(19)13-17)20(25)23-10-8-16(9-11-23)12-15-4-2-1-3-5-15/h1-7,13-14,16H,8-12H2. The molecule has 2 aromatic heterocycles. The fraction of sp³-hybridized carbons (Fsp3) is 0.300. The lowest BCUT2D eigenvalue weighted by Gasteiger charge is -2.31. The number of fused-ring (bicyclic) bond motifs is 1. The van der Waals surface area contributed by atoms with E-state index in [1.807, 2.05) is 17.0 Å². The molecule has 1 aromatic carbocycles. The molecule has 128 valence electrons. The fourth-order valence-electron chi connectivity index (χ4n) is 3.52. The number of nitrogens with zero attached hydrogens (tertiary/aromatic N) is 3.